The van der Waals surface area contributed by atoms with Crippen LogP contribution in [0.4, 0.5) is 0 Å². The Hall–Kier alpha value is -1.89. The normalized spacial score (nSPS) is 17.4. The molecular weight excluding hydrogens is 404 g/mol. The van der Waals surface area contributed by atoms with Crippen LogP contribution in [-0.4, -0.2) is 81.1 Å². The van der Waals surface area contributed by atoms with Crippen LogP contribution in [0.5, 0.6) is 0 Å². The van der Waals surface area contributed by atoms with Gasteiger partial charge in [0.05, 0.1) is 18.2 Å². The Morgan fingerprint density at radius 1 is 0.862 bits per heavy atom. The number of carbonyl (C=O) groups excluding carboxylic acids is 3. The average molecular weight is 437 g/mol. The van der Waals surface area contributed by atoms with Crippen molar-refractivity contribution in [3.8, 4) is 0 Å². The second-order valence-corrected chi connectivity index (χ2v) is 7.64. The predicted octanol–water partition coefficient (Wildman–Crippen LogP) is -2.41. The van der Waals surface area contributed by atoms with Gasteiger partial charge in [-0.05, 0) is 26.2 Å². The average Bonchev–Trinajstić information content (AvgIpc) is 2.59. The number of nitrogens with one attached hydrogen (secondary N) is 3. The summed E-state index contributed by atoms with van der Waals surface area (Å²) in [6.45, 7) is 6.22. The fourth-order valence-electron chi connectivity index (χ4n) is 2.38. The van der Waals surface area contributed by atoms with E-state index in [-0.39, 0.29) is 11.7 Å². The third-order valence-electron chi connectivity index (χ3n) is 3.99. The predicted molar refractivity (Wildman–Crippen MR) is 108 cm³/mol. The highest BCUT2D eigenvalue weighted by atomic mass is 32.1. The van der Waals surface area contributed by atoms with E-state index in [1.807, 2.05) is 13.8 Å². The number of carbonyl (C=O) groups is 4. The van der Waals surface area contributed by atoms with E-state index in [1.54, 1.807) is 0 Å². The van der Waals surface area contributed by atoms with E-state index in [2.05, 4.69) is 28.6 Å². The van der Waals surface area contributed by atoms with Crippen LogP contribution in [0.2, 0.25) is 0 Å². The van der Waals surface area contributed by atoms with Crippen LogP contribution in [0.25, 0.3) is 0 Å². The molecule has 29 heavy (non-hydrogen) atoms. The number of aliphatic hydroxyl groups excluding tert-OH is 2. The van der Waals surface area contributed by atoms with Gasteiger partial charge in [0.25, 0.3) is 0 Å². The van der Waals surface area contributed by atoms with E-state index in [0.717, 1.165) is 0 Å². The van der Waals surface area contributed by atoms with Crippen molar-refractivity contribution >= 4 is 36.3 Å². The number of aliphatic hydroxyl groups is 2. The van der Waals surface area contributed by atoms with Crippen LogP contribution in [-0.2, 0) is 19.2 Å². The quantitative estimate of drug-likeness (QED) is 0.155. The molecule has 0 saturated heterocycles. The first-order chi connectivity index (χ1) is 13.3. The summed E-state index contributed by atoms with van der Waals surface area (Å²) in [4.78, 5) is 48.0. The molecule has 0 aromatic carbocycles. The molecule has 0 radical (unpaired) electrons. The molecule has 6 unspecified atom stereocenters. The minimum Gasteiger partial charge on any atom is -0.480 e. The molecule has 0 saturated carbocycles. The van der Waals surface area contributed by atoms with Crippen molar-refractivity contribution in [1.29, 1.82) is 0 Å². The highest BCUT2D eigenvalue weighted by Gasteiger charge is 2.33. The zero-order valence-corrected chi connectivity index (χ0v) is 17.8. The lowest BCUT2D eigenvalue weighted by Crippen LogP contribution is -2.60. The highest BCUT2D eigenvalue weighted by molar-refractivity contribution is 7.80. The number of hydrogen-bond acceptors (Lipinski definition) is 8. The smallest absolute Gasteiger partial charge is 0.328 e. The maximum atomic E-state index is 12.5. The Bertz CT molecular complexity index is 586. The van der Waals surface area contributed by atoms with Crippen molar-refractivity contribution in [3.05, 3.63) is 0 Å². The summed E-state index contributed by atoms with van der Waals surface area (Å²) in [7, 11) is 0. The van der Waals surface area contributed by atoms with Gasteiger partial charge in [-0.3, -0.25) is 14.4 Å². The number of nitrogens with two attached hydrogens (primary N) is 1. The molecule has 11 nitrogen and oxygen atoms in total. The van der Waals surface area contributed by atoms with Gasteiger partial charge in [0.2, 0.25) is 17.7 Å². The monoisotopic (exact) mass is 436 g/mol. The number of carboxylic acids is 1. The van der Waals surface area contributed by atoms with Crippen LogP contribution in [0, 0.1) is 5.92 Å². The molecule has 0 aliphatic carbocycles. The molecular formula is C17H32N4O7S. The first kappa shape index (κ1) is 27.1. The molecule has 3 amide bonds. The summed E-state index contributed by atoms with van der Waals surface area (Å²) in [6.07, 6.45) is -2.30. The van der Waals surface area contributed by atoms with Crippen LogP contribution in [0.3, 0.4) is 0 Å². The molecule has 12 heteroatoms. The lowest BCUT2D eigenvalue weighted by molar-refractivity contribution is -0.145. The van der Waals surface area contributed by atoms with Crippen molar-refractivity contribution in [2.75, 3.05) is 5.75 Å². The molecule has 0 fully saturated rings. The zero-order valence-electron chi connectivity index (χ0n) is 17.0. The van der Waals surface area contributed by atoms with Crippen LogP contribution in [0.1, 0.15) is 34.1 Å². The summed E-state index contributed by atoms with van der Waals surface area (Å²) in [6, 6.07) is -5.12. The first-order valence-electron chi connectivity index (χ1n) is 9.18. The molecule has 8 N–H and O–H groups in total. The van der Waals surface area contributed by atoms with E-state index in [1.165, 1.54) is 13.8 Å². The molecule has 0 aliphatic rings. The third-order valence-corrected chi connectivity index (χ3v) is 4.35. The van der Waals surface area contributed by atoms with Gasteiger partial charge in [-0.15, -0.1) is 0 Å². The van der Waals surface area contributed by atoms with Crippen molar-refractivity contribution in [2.45, 2.75) is 70.5 Å². The van der Waals surface area contributed by atoms with Crippen molar-refractivity contribution in [2.24, 2.45) is 11.7 Å². The summed E-state index contributed by atoms with van der Waals surface area (Å²) in [5.74, 6) is -3.91. The summed E-state index contributed by atoms with van der Waals surface area (Å²) in [5, 5.41) is 35.1. The fraction of sp³-hybridized carbons (Fsp3) is 0.765. The number of thiol groups is 1. The van der Waals surface area contributed by atoms with Gasteiger partial charge in [-0.1, -0.05) is 13.8 Å². The SMILES string of the molecule is CC(C)CC(N)C(=O)NC(C(=O)NC(CS)C(=O)NC(C(=O)O)C(C)O)C(C)O. The van der Waals surface area contributed by atoms with Gasteiger partial charge >= 0.3 is 5.97 Å². The maximum absolute atomic E-state index is 12.5. The maximum Gasteiger partial charge on any atom is 0.328 e. The summed E-state index contributed by atoms with van der Waals surface area (Å²) < 4.78 is 0. The van der Waals surface area contributed by atoms with Crippen molar-refractivity contribution in [1.82, 2.24) is 16.0 Å². The van der Waals surface area contributed by atoms with E-state index in [9.17, 15) is 29.4 Å². The molecule has 168 valence electrons. The second-order valence-electron chi connectivity index (χ2n) is 7.27. The van der Waals surface area contributed by atoms with Crippen LogP contribution < -0.4 is 21.7 Å². The van der Waals surface area contributed by atoms with E-state index in [0.29, 0.717) is 6.42 Å². The molecule has 0 aromatic rings. The number of aliphatic carboxylic acids is 1. The van der Waals surface area contributed by atoms with E-state index >= 15 is 0 Å². The van der Waals surface area contributed by atoms with E-state index < -0.39 is 60.1 Å². The molecule has 0 bridgehead atoms. The van der Waals surface area contributed by atoms with Gasteiger partial charge in [-0.2, -0.15) is 12.6 Å². The van der Waals surface area contributed by atoms with Crippen LogP contribution >= 0.6 is 12.6 Å². The lowest BCUT2D eigenvalue weighted by atomic mass is 10.0. The minimum absolute atomic E-state index is 0.142. The molecule has 0 spiro atoms. The lowest BCUT2D eigenvalue weighted by Gasteiger charge is -2.26. The van der Waals surface area contributed by atoms with Crippen molar-refractivity contribution < 1.29 is 34.5 Å². The minimum atomic E-state index is -1.58. The summed E-state index contributed by atoms with van der Waals surface area (Å²) >= 11 is 3.96. The number of rotatable bonds is 12. The Labute approximate surface area is 175 Å². The largest absolute Gasteiger partial charge is 0.480 e. The number of hydrogen-bond donors (Lipinski definition) is 8. The Balaban J connectivity index is 5.15. The fourth-order valence-corrected chi connectivity index (χ4v) is 2.64. The molecule has 0 heterocycles. The Morgan fingerprint density at radius 3 is 1.72 bits per heavy atom. The Morgan fingerprint density at radius 2 is 1.34 bits per heavy atom. The molecule has 0 aliphatic heterocycles. The molecule has 6 atom stereocenters. The van der Waals surface area contributed by atoms with Crippen molar-refractivity contribution in [3.63, 3.8) is 0 Å². The Kier molecular flexibility index (Phi) is 11.8. The van der Waals surface area contributed by atoms with Gasteiger partial charge in [-0.25, -0.2) is 4.79 Å². The first-order valence-corrected chi connectivity index (χ1v) is 9.81. The number of amides is 3. The number of carboxylic acid groups (broad SMARTS) is 1. The standard InChI is InChI=1S/C17H32N4O7S/c1-7(2)5-10(18)14(24)20-12(8(3)22)16(26)19-11(6-29)15(25)21-13(9(4)23)17(27)28/h7-13,22-23,29H,5-6,18H2,1-4H3,(H,19,26)(H,20,24)(H,21,25)(H,27,28). The van der Waals surface area contributed by atoms with Crippen LogP contribution in [0.15, 0.2) is 0 Å². The molecule has 0 rings (SSSR count). The van der Waals surface area contributed by atoms with Gasteiger partial charge in [0, 0.05) is 5.75 Å². The van der Waals surface area contributed by atoms with Gasteiger partial charge < -0.3 is 37.0 Å². The van der Waals surface area contributed by atoms with Gasteiger partial charge in [0.15, 0.2) is 6.04 Å². The zero-order chi connectivity index (χ0) is 22.9. The topological polar surface area (TPSA) is 191 Å². The van der Waals surface area contributed by atoms with E-state index in [4.69, 9.17) is 10.8 Å². The third kappa shape index (κ3) is 9.43. The van der Waals surface area contributed by atoms with Gasteiger partial charge in [0.1, 0.15) is 12.1 Å². The molecule has 0 aromatic heterocycles. The highest BCUT2D eigenvalue weighted by Crippen LogP contribution is 2.04. The summed E-state index contributed by atoms with van der Waals surface area (Å²) in [5.41, 5.74) is 5.77. The second kappa shape index (κ2) is 12.6.